The van der Waals surface area contributed by atoms with E-state index in [1.165, 1.54) is 12.1 Å². The number of fused-ring (bicyclic) bond motifs is 2. The second-order valence-corrected chi connectivity index (χ2v) is 14.1. The van der Waals surface area contributed by atoms with Gasteiger partial charge in [-0.05, 0) is 59.9 Å². The van der Waals surface area contributed by atoms with Crippen LogP contribution in [0.5, 0.6) is 5.75 Å². The van der Waals surface area contributed by atoms with E-state index in [1.807, 2.05) is 91.0 Å². The molecule has 7 nitrogen and oxygen atoms in total. The first kappa shape index (κ1) is 38.1. The van der Waals surface area contributed by atoms with Gasteiger partial charge in [0, 0.05) is 17.0 Å². The largest absolute Gasteiger partial charge is 0.491 e. The summed E-state index contributed by atoms with van der Waals surface area (Å²) in [6, 6.07) is 37.3. The molecule has 0 aromatic heterocycles. The average Bonchev–Trinajstić information content (AvgIpc) is 3.57. The van der Waals surface area contributed by atoms with Crippen molar-refractivity contribution >= 4 is 11.6 Å². The molecule has 0 radical (unpaired) electrons. The van der Waals surface area contributed by atoms with Crippen LogP contribution in [-0.2, 0) is 55.7 Å². The molecule has 6 atom stereocenters. The van der Waals surface area contributed by atoms with Gasteiger partial charge in [0.2, 0.25) is 11.6 Å². The van der Waals surface area contributed by atoms with E-state index in [0.717, 1.165) is 16.7 Å². The summed E-state index contributed by atoms with van der Waals surface area (Å²) in [6.07, 6.45) is -3.76. The third-order valence-corrected chi connectivity index (χ3v) is 10.5. The summed E-state index contributed by atoms with van der Waals surface area (Å²) < 4.78 is 69.7. The molecule has 282 valence electrons. The predicted molar refractivity (Wildman–Crippen MR) is 200 cm³/mol. The summed E-state index contributed by atoms with van der Waals surface area (Å²) in [5, 5.41) is 11.9. The molecule has 0 spiro atoms. The van der Waals surface area contributed by atoms with Gasteiger partial charge in [-0.1, -0.05) is 115 Å². The van der Waals surface area contributed by atoms with Crippen molar-refractivity contribution in [2.24, 2.45) is 0 Å². The van der Waals surface area contributed by atoms with Crippen molar-refractivity contribution in [2.75, 3.05) is 13.2 Å². The second kappa shape index (κ2) is 16.7. The lowest BCUT2D eigenvalue weighted by Gasteiger charge is -2.52. The number of halogens is 3. The molecule has 7 rings (SSSR count). The highest BCUT2D eigenvalue weighted by molar-refractivity contribution is 6.31. The molecule has 2 fully saturated rings. The summed E-state index contributed by atoms with van der Waals surface area (Å²) in [5.41, 5.74) is 2.47. The molecular formula is C44H43ClF2O7. The van der Waals surface area contributed by atoms with E-state index in [2.05, 4.69) is 0 Å². The number of rotatable bonds is 15. The lowest BCUT2D eigenvalue weighted by atomic mass is 9.80. The van der Waals surface area contributed by atoms with Crippen LogP contribution in [0.1, 0.15) is 47.2 Å². The van der Waals surface area contributed by atoms with E-state index in [0.29, 0.717) is 16.1 Å². The predicted octanol–water partition coefficient (Wildman–Crippen LogP) is 8.70. The lowest BCUT2D eigenvalue weighted by molar-refractivity contribution is -0.359. The Morgan fingerprint density at radius 1 is 0.741 bits per heavy atom. The minimum absolute atomic E-state index is 0.0360. The van der Waals surface area contributed by atoms with E-state index in [-0.39, 0.29) is 50.8 Å². The van der Waals surface area contributed by atoms with Crippen LogP contribution >= 0.6 is 11.6 Å². The Hall–Kier alpha value is -4.19. The summed E-state index contributed by atoms with van der Waals surface area (Å²) in [4.78, 5) is 0. The molecular weight excluding hydrogens is 714 g/mol. The quantitative estimate of drug-likeness (QED) is 0.115. The Balaban J connectivity index is 1.32. The Morgan fingerprint density at radius 2 is 1.31 bits per heavy atom. The Kier molecular flexibility index (Phi) is 11.8. The van der Waals surface area contributed by atoms with E-state index in [4.69, 9.17) is 40.0 Å². The van der Waals surface area contributed by atoms with Gasteiger partial charge in [-0.15, -0.1) is 0 Å². The monoisotopic (exact) mass is 756 g/mol. The molecule has 5 aromatic carbocycles. The zero-order valence-corrected chi connectivity index (χ0v) is 30.9. The smallest absolute Gasteiger partial charge is 0.225 e. The van der Waals surface area contributed by atoms with Crippen molar-refractivity contribution in [1.82, 2.24) is 0 Å². The van der Waals surface area contributed by atoms with Gasteiger partial charge in [-0.25, -0.2) is 4.39 Å². The second-order valence-electron chi connectivity index (χ2n) is 13.7. The molecule has 2 saturated heterocycles. The third-order valence-electron chi connectivity index (χ3n) is 10.1. The van der Waals surface area contributed by atoms with Crippen molar-refractivity contribution in [3.63, 3.8) is 0 Å². The molecule has 10 heteroatoms. The van der Waals surface area contributed by atoms with E-state index in [9.17, 15) is 9.50 Å². The van der Waals surface area contributed by atoms with Crippen LogP contribution in [0.25, 0.3) is 0 Å². The van der Waals surface area contributed by atoms with Gasteiger partial charge < -0.3 is 33.5 Å². The lowest BCUT2D eigenvalue weighted by Crippen LogP contribution is -2.69. The van der Waals surface area contributed by atoms with E-state index < -0.39 is 47.4 Å². The van der Waals surface area contributed by atoms with Crippen LogP contribution in [0, 0.1) is 11.6 Å². The fourth-order valence-corrected chi connectivity index (χ4v) is 7.44. The normalized spacial score (nSPS) is 24.0. The number of ether oxygens (including phenoxy) is 6. The van der Waals surface area contributed by atoms with E-state index >= 15 is 4.39 Å². The summed E-state index contributed by atoms with van der Waals surface area (Å²) >= 11 is 6.74. The molecule has 2 aliphatic rings. The molecule has 0 saturated carbocycles. The number of hydrogen-bond donors (Lipinski definition) is 1. The van der Waals surface area contributed by atoms with Gasteiger partial charge in [0.25, 0.3) is 0 Å². The maximum absolute atomic E-state index is 15.4. The van der Waals surface area contributed by atoms with Gasteiger partial charge in [-0.3, -0.25) is 0 Å². The molecule has 1 unspecified atom stereocenters. The Morgan fingerprint density at radius 3 is 1.89 bits per heavy atom. The molecule has 54 heavy (non-hydrogen) atoms. The number of aliphatic hydroxyl groups is 1. The van der Waals surface area contributed by atoms with Gasteiger partial charge >= 0.3 is 0 Å². The van der Waals surface area contributed by atoms with Crippen LogP contribution in [-0.4, -0.2) is 48.3 Å². The number of hydrogen-bond acceptors (Lipinski definition) is 7. The van der Waals surface area contributed by atoms with Crippen molar-refractivity contribution < 1.29 is 42.3 Å². The molecule has 0 aliphatic carbocycles. The van der Waals surface area contributed by atoms with Crippen molar-refractivity contribution in [3.05, 3.63) is 171 Å². The molecule has 5 aromatic rings. The van der Waals surface area contributed by atoms with Crippen molar-refractivity contribution in [2.45, 2.75) is 75.9 Å². The zero-order valence-electron chi connectivity index (χ0n) is 30.1. The highest BCUT2D eigenvalue weighted by Crippen LogP contribution is 2.54. The topological polar surface area (TPSA) is 75.6 Å². The first-order valence-corrected chi connectivity index (χ1v) is 18.5. The molecule has 2 heterocycles. The maximum atomic E-state index is 15.4. The molecule has 2 aliphatic heterocycles. The summed E-state index contributed by atoms with van der Waals surface area (Å²) in [7, 11) is 0. The Labute approximate surface area is 319 Å². The minimum Gasteiger partial charge on any atom is -0.491 e. The zero-order chi connectivity index (χ0) is 37.7. The standard InChI is InChI=1S/C44H43ClF2O7/c1-3-49-37-22-19-33(38(46)39(37)47)23-34-24-35(20-21-36(34)45)44-42(52-27-32-17-11-6-12-18-32)40(50-25-30-13-7-4-8-14-30)41(43(54-44,28-53-44)29(2)48)51-26-31-15-9-5-10-16-31/h4-22,24,29,40-42,48H,3,23,25-28H2,1-2H3/t29?,40-,41-,42+,43+,44-/m0/s1. The van der Waals surface area contributed by atoms with Gasteiger partial charge in [0.1, 0.15) is 23.9 Å². The molecule has 1 N–H and O–H groups in total. The fourth-order valence-electron chi connectivity index (χ4n) is 7.25. The Bertz CT molecular complexity index is 2000. The van der Waals surface area contributed by atoms with Crippen LogP contribution in [0.3, 0.4) is 0 Å². The van der Waals surface area contributed by atoms with Crippen LogP contribution in [0.2, 0.25) is 5.02 Å². The van der Waals surface area contributed by atoms with E-state index in [1.54, 1.807) is 32.0 Å². The molecule has 2 bridgehead atoms. The summed E-state index contributed by atoms with van der Waals surface area (Å²) in [6.45, 7) is 4.08. The van der Waals surface area contributed by atoms with Gasteiger partial charge in [-0.2, -0.15) is 4.39 Å². The fraction of sp³-hybridized carbons (Fsp3) is 0.318. The van der Waals surface area contributed by atoms with Crippen LogP contribution in [0.15, 0.2) is 121 Å². The van der Waals surface area contributed by atoms with Gasteiger partial charge in [0.15, 0.2) is 11.6 Å². The summed E-state index contributed by atoms with van der Waals surface area (Å²) in [5.74, 6) is -3.88. The SMILES string of the molecule is CCOc1ccc(Cc2cc([C@]34OC[C@](C(C)O)(O3)[C@@H](OCc3ccccc3)[C@H](OCc3ccccc3)[C@H]4OCc3ccccc3)ccc2Cl)c(F)c1F. The number of benzene rings is 5. The van der Waals surface area contributed by atoms with Gasteiger partial charge in [0.05, 0.1) is 39.1 Å². The first-order chi connectivity index (χ1) is 26.2. The minimum atomic E-state index is -1.64. The van der Waals surface area contributed by atoms with Crippen molar-refractivity contribution in [3.8, 4) is 5.75 Å². The number of aliphatic hydroxyl groups excluding tert-OH is 1. The highest BCUT2D eigenvalue weighted by Gasteiger charge is 2.71. The van der Waals surface area contributed by atoms with Crippen molar-refractivity contribution in [1.29, 1.82) is 0 Å². The van der Waals surface area contributed by atoms with Crippen LogP contribution in [0.4, 0.5) is 8.78 Å². The first-order valence-electron chi connectivity index (χ1n) is 18.1. The molecule has 0 amide bonds. The maximum Gasteiger partial charge on any atom is 0.225 e. The third kappa shape index (κ3) is 7.68. The van der Waals surface area contributed by atoms with Crippen LogP contribution < -0.4 is 4.74 Å². The highest BCUT2D eigenvalue weighted by atomic mass is 35.5. The average molecular weight is 757 g/mol.